The zero-order chi connectivity index (χ0) is 13.0. The molecule has 0 fully saturated rings. The van der Waals surface area contributed by atoms with Crippen LogP contribution in [0.2, 0.25) is 0 Å². The molecule has 0 saturated heterocycles. The summed E-state index contributed by atoms with van der Waals surface area (Å²) >= 11 is 0. The molecule has 1 unspecified atom stereocenters. The van der Waals surface area contributed by atoms with E-state index in [2.05, 4.69) is 0 Å². The van der Waals surface area contributed by atoms with E-state index in [-0.39, 0.29) is 11.6 Å². The zero-order valence-electron chi connectivity index (χ0n) is 10.1. The number of carbonyl (C=O) groups is 1. The van der Waals surface area contributed by atoms with Gasteiger partial charge in [0.15, 0.2) is 0 Å². The Kier molecular flexibility index (Phi) is 4.45. The number of carboxylic acids is 1. The molecule has 1 atom stereocenters. The van der Waals surface area contributed by atoms with E-state index in [1.54, 1.807) is 19.1 Å². The molecular weight excluding hydrogens is 225 g/mol. The molecule has 17 heavy (non-hydrogen) atoms. The van der Waals surface area contributed by atoms with Crippen LogP contribution in [0.15, 0.2) is 18.2 Å². The highest BCUT2D eigenvalue weighted by atomic mass is 19.1. The molecule has 0 aliphatic rings. The molecule has 1 rings (SSSR count). The van der Waals surface area contributed by atoms with Crippen LogP contribution in [0, 0.1) is 5.82 Å². The van der Waals surface area contributed by atoms with Gasteiger partial charge in [-0.3, -0.25) is 0 Å². The lowest BCUT2D eigenvalue weighted by Crippen LogP contribution is -2.33. The van der Waals surface area contributed by atoms with E-state index in [0.717, 1.165) is 6.07 Å². The molecule has 0 aliphatic carbocycles. The monoisotopic (exact) mass is 241 g/mol. The van der Waals surface area contributed by atoms with Crippen molar-refractivity contribution in [2.24, 2.45) is 0 Å². The minimum Gasteiger partial charge on any atom is -0.478 e. The quantitative estimate of drug-likeness (QED) is 0.856. The predicted molar refractivity (Wildman–Crippen MR) is 63.1 cm³/mol. The van der Waals surface area contributed by atoms with E-state index in [1.165, 1.54) is 12.1 Å². The number of likely N-dealkylation sites (N-methyl/N-ethyl adjacent to an activating group) is 1. The van der Waals surface area contributed by atoms with Crippen molar-refractivity contribution in [3.8, 4) is 0 Å². The van der Waals surface area contributed by atoms with Gasteiger partial charge in [-0.05, 0) is 25.1 Å². The maximum Gasteiger partial charge on any atom is 0.337 e. The summed E-state index contributed by atoms with van der Waals surface area (Å²) in [5.74, 6) is -1.70. The first kappa shape index (κ1) is 13.4. The lowest BCUT2D eigenvalue weighted by Gasteiger charge is -2.27. The van der Waals surface area contributed by atoms with Crippen LogP contribution in [0.1, 0.15) is 17.3 Å². The van der Waals surface area contributed by atoms with E-state index >= 15 is 0 Å². The number of ether oxygens (including phenoxy) is 1. The minimum atomic E-state index is -1.14. The standard InChI is InChI=1S/C12H16FNO3/c1-8(7-17-3)14(2)11-5-4-9(13)6-10(11)12(15)16/h4-6,8H,7H2,1-3H3,(H,15,16). The van der Waals surface area contributed by atoms with Gasteiger partial charge in [-0.25, -0.2) is 9.18 Å². The van der Waals surface area contributed by atoms with Crippen molar-refractivity contribution in [2.45, 2.75) is 13.0 Å². The SMILES string of the molecule is COCC(C)N(C)c1ccc(F)cc1C(=O)O. The molecule has 0 radical (unpaired) electrons. The molecule has 0 bridgehead atoms. The van der Waals surface area contributed by atoms with Crippen LogP contribution in [-0.2, 0) is 4.74 Å². The average Bonchev–Trinajstić information content (AvgIpc) is 2.28. The van der Waals surface area contributed by atoms with E-state index in [4.69, 9.17) is 9.84 Å². The number of anilines is 1. The Morgan fingerprint density at radius 3 is 2.76 bits per heavy atom. The van der Waals surface area contributed by atoms with Gasteiger partial charge in [-0.2, -0.15) is 0 Å². The van der Waals surface area contributed by atoms with Crippen LogP contribution in [0.25, 0.3) is 0 Å². The second kappa shape index (κ2) is 5.63. The Labute approximate surface area is 99.6 Å². The summed E-state index contributed by atoms with van der Waals surface area (Å²) in [6.07, 6.45) is 0. The van der Waals surface area contributed by atoms with Gasteiger partial charge in [0.05, 0.1) is 17.9 Å². The van der Waals surface area contributed by atoms with E-state index in [1.807, 2.05) is 6.92 Å². The van der Waals surface area contributed by atoms with Crippen molar-refractivity contribution in [1.29, 1.82) is 0 Å². The van der Waals surface area contributed by atoms with Gasteiger partial charge in [-0.1, -0.05) is 0 Å². The van der Waals surface area contributed by atoms with Gasteiger partial charge >= 0.3 is 5.97 Å². The van der Waals surface area contributed by atoms with Gasteiger partial charge in [0.25, 0.3) is 0 Å². The van der Waals surface area contributed by atoms with Gasteiger partial charge in [-0.15, -0.1) is 0 Å². The average molecular weight is 241 g/mol. The summed E-state index contributed by atoms with van der Waals surface area (Å²) in [7, 11) is 3.33. The second-order valence-corrected chi connectivity index (χ2v) is 3.88. The largest absolute Gasteiger partial charge is 0.478 e. The fourth-order valence-corrected chi connectivity index (χ4v) is 1.58. The molecule has 4 nitrogen and oxygen atoms in total. The molecule has 0 amide bonds. The highest BCUT2D eigenvalue weighted by Crippen LogP contribution is 2.22. The zero-order valence-corrected chi connectivity index (χ0v) is 10.1. The third-order valence-electron chi connectivity index (χ3n) is 2.64. The van der Waals surface area contributed by atoms with Gasteiger partial charge in [0.2, 0.25) is 0 Å². The highest BCUT2D eigenvalue weighted by molar-refractivity contribution is 5.94. The first-order valence-corrected chi connectivity index (χ1v) is 5.22. The molecule has 1 aromatic carbocycles. The molecule has 1 N–H and O–H groups in total. The first-order chi connectivity index (χ1) is 7.97. The van der Waals surface area contributed by atoms with Crippen LogP contribution in [0.3, 0.4) is 0 Å². The Morgan fingerprint density at radius 1 is 1.59 bits per heavy atom. The number of benzene rings is 1. The number of rotatable bonds is 5. The maximum atomic E-state index is 13.0. The van der Waals surface area contributed by atoms with Gasteiger partial charge < -0.3 is 14.7 Å². The number of methoxy groups -OCH3 is 1. The Morgan fingerprint density at radius 2 is 2.24 bits per heavy atom. The Bertz CT molecular complexity index is 409. The van der Waals surface area contributed by atoms with Crippen LogP contribution >= 0.6 is 0 Å². The minimum absolute atomic E-state index is 0.00330. The Hall–Kier alpha value is -1.62. The summed E-state index contributed by atoms with van der Waals surface area (Å²) in [4.78, 5) is 12.8. The summed E-state index contributed by atoms with van der Waals surface area (Å²) < 4.78 is 18.0. The van der Waals surface area contributed by atoms with Crippen LogP contribution in [0.5, 0.6) is 0 Å². The topological polar surface area (TPSA) is 49.8 Å². The predicted octanol–water partition coefficient (Wildman–Crippen LogP) is 2.00. The van der Waals surface area contributed by atoms with E-state index < -0.39 is 11.8 Å². The molecule has 0 aliphatic heterocycles. The maximum absolute atomic E-state index is 13.0. The molecule has 5 heteroatoms. The Balaban J connectivity index is 3.08. The molecule has 94 valence electrons. The number of nitrogens with zero attached hydrogens (tertiary/aromatic N) is 1. The normalized spacial score (nSPS) is 12.2. The molecule has 1 aromatic rings. The highest BCUT2D eigenvalue weighted by Gasteiger charge is 2.18. The third kappa shape index (κ3) is 3.17. The smallest absolute Gasteiger partial charge is 0.337 e. The number of aromatic carboxylic acids is 1. The fraction of sp³-hybridized carbons (Fsp3) is 0.417. The van der Waals surface area contributed by atoms with Crippen LogP contribution in [0.4, 0.5) is 10.1 Å². The molecule has 0 aromatic heterocycles. The number of carboxylic acid groups (broad SMARTS) is 1. The van der Waals surface area contributed by atoms with Crippen LogP contribution < -0.4 is 4.90 Å². The summed E-state index contributed by atoms with van der Waals surface area (Å²) in [6, 6.07) is 3.74. The summed E-state index contributed by atoms with van der Waals surface area (Å²) in [6.45, 7) is 2.37. The molecule has 0 spiro atoms. The molecule has 0 saturated carbocycles. The third-order valence-corrected chi connectivity index (χ3v) is 2.64. The van der Waals surface area contributed by atoms with Gasteiger partial charge in [0, 0.05) is 20.2 Å². The van der Waals surface area contributed by atoms with Crippen molar-refractivity contribution < 1.29 is 19.0 Å². The lowest BCUT2D eigenvalue weighted by molar-refractivity contribution is 0.0696. The fourth-order valence-electron chi connectivity index (χ4n) is 1.58. The van der Waals surface area contributed by atoms with Crippen LogP contribution in [-0.4, -0.2) is 37.9 Å². The number of hydrogen-bond donors (Lipinski definition) is 1. The number of hydrogen-bond acceptors (Lipinski definition) is 3. The number of halogens is 1. The first-order valence-electron chi connectivity index (χ1n) is 5.22. The van der Waals surface area contributed by atoms with E-state index in [0.29, 0.717) is 12.3 Å². The van der Waals surface area contributed by atoms with Crippen molar-refractivity contribution >= 4 is 11.7 Å². The van der Waals surface area contributed by atoms with Crippen molar-refractivity contribution in [3.05, 3.63) is 29.6 Å². The molecule has 0 heterocycles. The lowest BCUT2D eigenvalue weighted by atomic mass is 10.1. The van der Waals surface area contributed by atoms with Crippen molar-refractivity contribution in [1.82, 2.24) is 0 Å². The van der Waals surface area contributed by atoms with Gasteiger partial charge in [0.1, 0.15) is 5.82 Å². The second-order valence-electron chi connectivity index (χ2n) is 3.88. The van der Waals surface area contributed by atoms with E-state index in [9.17, 15) is 9.18 Å². The van der Waals surface area contributed by atoms with Crippen molar-refractivity contribution in [3.63, 3.8) is 0 Å². The van der Waals surface area contributed by atoms with Crippen molar-refractivity contribution in [2.75, 3.05) is 25.7 Å². The molecular formula is C12H16FNO3. The summed E-state index contributed by atoms with van der Waals surface area (Å²) in [5, 5.41) is 9.03. The summed E-state index contributed by atoms with van der Waals surface area (Å²) in [5.41, 5.74) is 0.430.